The lowest BCUT2D eigenvalue weighted by molar-refractivity contribution is 0.0595. The Balaban J connectivity index is 2.07. The highest BCUT2D eigenvalue weighted by molar-refractivity contribution is 9.10. The molecule has 0 spiro atoms. The van der Waals surface area contributed by atoms with Crippen molar-refractivity contribution in [3.63, 3.8) is 0 Å². The molecule has 2 aromatic heterocycles. The molecule has 2 heterocycles. The number of aromatic nitrogens is 1. The van der Waals surface area contributed by atoms with E-state index in [0.29, 0.717) is 16.9 Å². The lowest BCUT2D eigenvalue weighted by Crippen LogP contribution is -2.14. The van der Waals surface area contributed by atoms with Crippen LogP contribution in [-0.4, -0.2) is 29.1 Å². The van der Waals surface area contributed by atoms with E-state index in [1.807, 2.05) is 0 Å². The average molecular weight is 572 g/mol. The van der Waals surface area contributed by atoms with Crippen molar-refractivity contribution in [1.82, 2.24) is 4.98 Å². The van der Waals surface area contributed by atoms with Crippen molar-refractivity contribution in [3.8, 4) is 5.75 Å². The Bertz CT molecular complexity index is 1370. The number of sulfonamides is 1. The second kappa shape index (κ2) is 8.41. The van der Waals surface area contributed by atoms with Gasteiger partial charge in [0.05, 0.1) is 4.70 Å². The van der Waals surface area contributed by atoms with Crippen molar-refractivity contribution < 1.29 is 41.1 Å². The number of nitrogens with two attached hydrogens (primary N) is 2. The molecule has 6 N–H and O–H groups in total. The van der Waals surface area contributed by atoms with Gasteiger partial charge < -0.3 is 20.3 Å². The standard InChI is InChI=1S/C16H13BrF2N3O7PS2/c17-12-9-3-8(15(20)23)4-10(13(9)31-14(12)16(18,19)30(24,25)26)29-6-7-1-2-11(22-5-7)32(21,27)28/h1-5H,6H2,(H2,20,23)(H2,21,27,28)(H2,24,25,26). The highest BCUT2D eigenvalue weighted by Crippen LogP contribution is 2.63. The minimum atomic E-state index is -5.85. The van der Waals surface area contributed by atoms with Crippen LogP contribution in [0.25, 0.3) is 10.1 Å². The molecular formula is C16H13BrF2N3O7PS2. The monoisotopic (exact) mass is 571 g/mol. The van der Waals surface area contributed by atoms with E-state index in [1.54, 1.807) is 0 Å². The number of primary sulfonamides is 1. The normalized spacial score (nSPS) is 12.8. The first kappa shape index (κ1) is 24.6. The van der Waals surface area contributed by atoms with Gasteiger partial charge in [0.2, 0.25) is 5.91 Å². The number of amides is 1. The van der Waals surface area contributed by atoms with Gasteiger partial charge in [-0.2, -0.15) is 8.78 Å². The number of thiophene rings is 1. The quantitative estimate of drug-likeness (QED) is 0.312. The summed E-state index contributed by atoms with van der Waals surface area (Å²) in [4.78, 5) is 32.6. The summed E-state index contributed by atoms with van der Waals surface area (Å²) in [6.07, 6.45) is 1.17. The third-order valence-electron chi connectivity index (χ3n) is 4.10. The largest absolute Gasteiger partial charge is 0.487 e. The maximum Gasteiger partial charge on any atom is 0.400 e. The minimum Gasteiger partial charge on any atom is -0.487 e. The summed E-state index contributed by atoms with van der Waals surface area (Å²) >= 11 is 3.29. The van der Waals surface area contributed by atoms with Gasteiger partial charge in [0.1, 0.15) is 17.2 Å². The molecular weight excluding hydrogens is 559 g/mol. The fourth-order valence-electron chi connectivity index (χ4n) is 2.54. The number of alkyl halides is 2. The van der Waals surface area contributed by atoms with Crippen LogP contribution in [0.3, 0.4) is 0 Å². The fraction of sp³-hybridized carbons (Fsp3) is 0.125. The van der Waals surface area contributed by atoms with Gasteiger partial charge in [-0.3, -0.25) is 9.36 Å². The van der Waals surface area contributed by atoms with Gasteiger partial charge in [-0.15, -0.1) is 11.3 Å². The van der Waals surface area contributed by atoms with Gasteiger partial charge in [0.25, 0.3) is 10.0 Å². The summed E-state index contributed by atoms with van der Waals surface area (Å²) in [6, 6.07) is 4.88. The molecule has 10 nitrogen and oxygen atoms in total. The number of fused-ring (bicyclic) bond motifs is 1. The van der Waals surface area contributed by atoms with Crippen molar-refractivity contribution in [2.75, 3.05) is 0 Å². The lowest BCUT2D eigenvalue weighted by Gasteiger charge is -2.16. The Kier molecular flexibility index (Phi) is 6.47. The Hall–Kier alpha value is -2.00. The van der Waals surface area contributed by atoms with E-state index in [2.05, 4.69) is 20.9 Å². The molecule has 32 heavy (non-hydrogen) atoms. The molecule has 1 amide bonds. The zero-order chi connectivity index (χ0) is 24.1. The number of pyridine rings is 1. The SMILES string of the molecule is NC(=O)c1cc(OCc2ccc(S(N)(=O)=O)nc2)c2sc(C(F)(F)P(=O)(O)O)c(Br)c2c1. The topological polar surface area (TPSA) is 183 Å². The van der Waals surface area contributed by atoms with Gasteiger partial charge >= 0.3 is 13.3 Å². The third kappa shape index (κ3) is 4.69. The van der Waals surface area contributed by atoms with E-state index in [-0.39, 0.29) is 37.5 Å². The molecule has 0 radical (unpaired) electrons. The molecule has 0 bridgehead atoms. The number of hydrogen-bond donors (Lipinski definition) is 4. The number of rotatable bonds is 7. The summed E-state index contributed by atoms with van der Waals surface area (Å²) in [7, 11) is -9.85. The van der Waals surface area contributed by atoms with Gasteiger partial charge in [-0.05, 0) is 34.1 Å². The first-order chi connectivity index (χ1) is 14.6. The molecule has 0 saturated carbocycles. The summed E-state index contributed by atoms with van der Waals surface area (Å²) in [5.41, 5.74) is 1.08. The van der Waals surface area contributed by atoms with Crippen LogP contribution in [0.5, 0.6) is 5.75 Å². The summed E-state index contributed by atoms with van der Waals surface area (Å²) in [6.45, 7) is -0.213. The number of halogens is 3. The van der Waals surface area contributed by atoms with Gasteiger partial charge in [0.15, 0.2) is 5.03 Å². The van der Waals surface area contributed by atoms with Gasteiger partial charge in [-0.1, -0.05) is 6.07 Å². The molecule has 3 aromatic rings. The number of benzene rings is 1. The first-order valence-corrected chi connectivity index (χ1v) is 13.0. The summed E-state index contributed by atoms with van der Waals surface area (Å²) < 4.78 is 67.9. The van der Waals surface area contributed by atoms with Crippen molar-refractivity contribution >= 4 is 60.9 Å². The number of hydrogen-bond acceptors (Lipinski definition) is 7. The van der Waals surface area contributed by atoms with Crippen LogP contribution in [-0.2, 0) is 26.9 Å². The predicted molar refractivity (Wildman–Crippen MR) is 114 cm³/mol. The van der Waals surface area contributed by atoms with E-state index in [0.717, 1.165) is 6.07 Å². The predicted octanol–water partition coefficient (Wildman–Crippen LogP) is 2.61. The second-order valence-electron chi connectivity index (χ2n) is 6.38. The zero-order valence-corrected chi connectivity index (χ0v) is 19.6. The van der Waals surface area contributed by atoms with E-state index in [4.69, 9.17) is 25.4 Å². The van der Waals surface area contributed by atoms with E-state index >= 15 is 0 Å². The van der Waals surface area contributed by atoms with Crippen molar-refractivity contribution in [2.45, 2.75) is 17.3 Å². The van der Waals surface area contributed by atoms with Crippen LogP contribution in [0.2, 0.25) is 0 Å². The molecule has 16 heteroatoms. The Labute approximate surface area is 191 Å². The second-order valence-corrected chi connectivity index (χ2v) is 11.4. The van der Waals surface area contributed by atoms with Crippen molar-refractivity contribution in [3.05, 3.63) is 50.9 Å². The molecule has 0 atom stereocenters. The highest BCUT2D eigenvalue weighted by atomic mass is 79.9. The smallest absolute Gasteiger partial charge is 0.400 e. The molecule has 0 aliphatic heterocycles. The number of carbonyl (C=O) groups is 1. The van der Waals surface area contributed by atoms with Crippen LogP contribution in [0, 0.1) is 0 Å². The molecule has 3 rings (SSSR count). The molecule has 0 unspecified atom stereocenters. The molecule has 0 aliphatic carbocycles. The van der Waals surface area contributed by atoms with Crippen LogP contribution >= 0.6 is 34.9 Å². The first-order valence-electron chi connectivity index (χ1n) is 8.23. The maximum absolute atomic E-state index is 14.4. The number of primary amides is 1. The third-order valence-corrected chi connectivity index (χ3v) is 8.41. The maximum atomic E-state index is 14.4. The average Bonchev–Trinajstić information content (AvgIpc) is 3.02. The van der Waals surface area contributed by atoms with Gasteiger partial charge in [0, 0.05) is 27.2 Å². The van der Waals surface area contributed by atoms with E-state index in [9.17, 15) is 26.6 Å². The summed E-state index contributed by atoms with van der Waals surface area (Å²) in [5.74, 6) is -0.956. The number of ether oxygens (including phenoxy) is 1. The van der Waals surface area contributed by atoms with Crippen LogP contribution in [0.1, 0.15) is 20.8 Å². The lowest BCUT2D eigenvalue weighted by atomic mass is 10.1. The number of nitrogens with zero attached hydrogens (tertiary/aromatic N) is 1. The van der Waals surface area contributed by atoms with Crippen LogP contribution in [0.15, 0.2) is 40.0 Å². The van der Waals surface area contributed by atoms with Crippen molar-refractivity contribution in [2.24, 2.45) is 10.9 Å². The van der Waals surface area contributed by atoms with Gasteiger partial charge in [-0.25, -0.2) is 18.5 Å². The fourth-order valence-corrected chi connectivity index (χ4v) is 5.97. The molecule has 172 valence electrons. The number of carbonyl (C=O) groups excluding carboxylic acids is 1. The van der Waals surface area contributed by atoms with Crippen molar-refractivity contribution in [1.29, 1.82) is 0 Å². The highest BCUT2D eigenvalue weighted by Gasteiger charge is 2.53. The van der Waals surface area contributed by atoms with E-state index < -0.39 is 34.1 Å². The Morgan fingerprint density at radius 2 is 1.97 bits per heavy atom. The summed E-state index contributed by atoms with van der Waals surface area (Å²) in [5, 5.41) is 4.64. The minimum absolute atomic E-state index is 0.0344. The molecule has 1 aromatic carbocycles. The molecule has 0 saturated heterocycles. The molecule has 0 fully saturated rings. The van der Waals surface area contributed by atoms with Crippen LogP contribution < -0.4 is 15.6 Å². The molecule has 0 aliphatic rings. The van der Waals surface area contributed by atoms with E-state index in [1.165, 1.54) is 24.4 Å². The Morgan fingerprint density at radius 1 is 1.31 bits per heavy atom. The Morgan fingerprint density at radius 3 is 2.47 bits per heavy atom. The zero-order valence-electron chi connectivity index (χ0n) is 15.5. The van der Waals surface area contributed by atoms with Crippen LogP contribution in [0.4, 0.5) is 8.78 Å².